The van der Waals surface area contributed by atoms with Crippen molar-refractivity contribution in [1.82, 2.24) is 0 Å². The fourth-order valence-corrected chi connectivity index (χ4v) is 5.92. The van der Waals surface area contributed by atoms with Crippen molar-refractivity contribution >= 4 is 0 Å². The highest BCUT2D eigenvalue weighted by molar-refractivity contribution is 5.56. The maximum Gasteiger partial charge on any atom is 0.231 e. The van der Waals surface area contributed by atoms with Crippen LogP contribution in [0.1, 0.15) is 137 Å². The van der Waals surface area contributed by atoms with Crippen LogP contribution in [0.25, 0.3) is 0 Å². The van der Waals surface area contributed by atoms with E-state index < -0.39 is 0 Å². The molecule has 0 saturated carbocycles. The van der Waals surface area contributed by atoms with Crippen molar-refractivity contribution in [2.24, 2.45) is 0 Å². The average Bonchev–Trinajstić information content (AvgIpc) is 3.98. The zero-order chi connectivity index (χ0) is 38.2. The summed E-state index contributed by atoms with van der Waals surface area (Å²) in [6.45, 7) is 20.5. The highest BCUT2D eigenvalue weighted by Crippen LogP contribution is 2.44. The van der Waals surface area contributed by atoms with Gasteiger partial charge in [-0.25, -0.2) is 0 Å². The van der Waals surface area contributed by atoms with E-state index in [1.54, 1.807) is 14.2 Å². The lowest BCUT2D eigenvalue weighted by Gasteiger charge is -2.10. The van der Waals surface area contributed by atoms with Crippen molar-refractivity contribution in [1.29, 1.82) is 0 Å². The monoisotopic (exact) mass is 794 g/mol. The van der Waals surface area contributed by atoms with Crippen LogP contribution in [0.2, 0.25) is 0 Å². The van der Waals surface area contributed by atoms with Gasteiger partial charge in [0.2, 0.25) is 38.7 Å². The lowest BCUT2D eigenvalue weighted by Crippen LogP contribution is -1.95. The molecule has 0 atom stereocenters. The van der Waals surface area contributed by atoms with E-state index in [1.807, 2.05) is 36.4 Å². The number of rotatable bonds is 6. The van der Waals surface area contributed by atoms with Gasteiger partial charge in [-0.05, 0) is 89.2 Å². The van der Waals surface area contributed by atoms with Gasteiger partial charge in [0.05, 0.1) is 14.2 Å². The first-order valence-corrected chi connectivity index (χ1v) is 18.1. The molecule has 0 saturated heterocycles. The Kier molecular flexibility index (Phi) is 19.8. The van der Waals surface area contributed by atoms with Crippen LogP contribution in [0.15, 0.2) is 54.6 Å². The number of fused-ring (bicyclic) bond motifs is 4. The van der Waals surface area contributed by atoms with Crippen molar-refractivity contribution in [3.8, 4) is 57.5 Å². The van der Waals surface area contributed by atoms with Crippen LogP contribution in [0, 0.1) is 6.92 Å². The van der Waals surface area contributed by atoms with Crippen LogP contribution in [-0.2, 0) is 0 Å². The van der Waals surface area contributed by atoms with E-state index in [4.69, 9.17) is 47.4 Å². The predicted octanol–water partition coefficient (Wildman–Crippen LogP) is 13.0. The molecule has 10 heteroatoms. The minimum absolute atomic E-state index is 0. The smallest absolute Gasteiger partial charge is 0.231 e. The SMILES string of the molecule is C.C.C.C.CC(C)c1cccc2c1OCO2.COc1cc(C(C)C)cc2c1OCO2.COc1cc(C(C)C)cc2c1OCO2.Cc1cc(C(C)C)cc2c1OCO2. The summed E-state index contributed by atoms with van der Waals surface area (Å²) < 4.78 is 53.1. The number of benzene rings is 4. The minimum Gasteiger partial charge on any atom is -0.493 e. The Hall–Kier alpha value is -5.12. The van der Waals surface area contributed by atoms with Crippen molar-refractivity contribution in [2.75, 3.05) is 41.4 Å². The van der Waals surface area contributed by atoms with Crippen LogP contribution < -0.4 is 47.4 Å². The van der Waals surface area contributed by atoms with E-state index in [0.717, 1.165) is 57.5 Å². The molecule has 0 unspecified atom stereocenters. The third-order valence-corrected chi connectivity index (χ3v) is 9.09. The van der Waals surface area contributed by atoms with Gasteiger partial charge < -0.3 is 47.4 Å². The second-order valence-electron chi connectivity index (χ2n) is 14.2. The molecule has 10 nitrogen and oxygen atoms in total. The molecule has 0 N–H and O–H groups in total. The predicted molar refractivity (Wildman–Crippen MR) is 231 cm³/mol. The second kappa shape index (κ2) is 22.6. The topological polar surface area (TPSA) is 92.3 Å². The van der Waals surface area contributed by atoms with Gasteiger partial charge in [-0.3, -0.25) is 0 Å². The molecule has 0 aliphatic carbocycles. The summed E-state index contributed by atoms with van der Waals surface area (Å²) in [5.74, 6) is 10.1. The molecular formula is C47H70O10. The van der Waals surface area contributed by atoms with Gasteiger partial charge in [0, 0.05) is 5.56 Å². The Morgan fingerprint density at radius 1 is 0.421 bits per heavy atom. The molecule has 4 aliphatic heterocycles. The second-order valence-corrected chi connectivity index (χ2v) is 14.2. The van der Waals surface area contributed by atoms with Gasteiger partial charge in [-0.2, -0.15) is 0 Å². The Morgan fingerprint density at radius 3 is 1.19 bits per heavy atom. The molecule has 57 heavy (non-hydrogen) atoms. The third-order valence-electron chi connectivity index (χ3n) is 9.09. The Balaban J connectivity index is 0.000000372. The van der Waals surface area contributed by atoms with Gasteiger partial charge in [0.25, 0.3) is 0 Å². The molecule has 4 aromatic carbocycles. The summed E-state index contributed by atoms with van der Waals surface area (Å²) in [5, 5.41) is 0. The van der Waals surface area contributed by atoms with Gasteiger partial charge in [0.15, 0.2) is 46.0 Å². The lowest BCUT2D eigenvalue weighted by atomic mass is 10.0. The number of ether oxygens (including phenoxy) is 10. The Bertz CT molecular complexity index is 1780. The van der Waals surface area contributed by atoms with Gasteiger partial charge in [-0.1, -0.05) is 103 Å². The van der Waals surface area contributed by atoms with Crippen molar-refractivity contribution in [3.63, 3.8) is 0 Å². The van der Waals surface area contributed by atoms with Gasteiger partial charge in [-0.15, -0.1) is 0 Å². The number of hydrogen-bond acceptors (Lipinski definition) is 10. The molecule has 8 rings (SSSR count). The molecule has 0 bridgehead atoms. The zero-order valence-corrected chi connectivity index (χ0v) is 32.9. The first-order valence-electron chi connectivity index (χ1n) is 18.1. The summed E-state index contributed by atoms with van der Waals surface area (Å²) in [5.41, 5.74) is 6.10. The number of aryl methyl sites for hydroxylation is 1. The molecule has 0 aromatic heterocycles. The highest BCUT2D eigenvalue weighted by atomic mass is 16.7. The van der Waals surface area contributed by atoms with Crippen molar-refractivity contribution < 1.29 is 47.4 Å². The first kappa shape index (κ1) is 49.9. The molecule has 0 radical (unpaired) electrons. The molecule has 4 aromatic rings. The number of methoxy groups -OCH3 is 2. The van der Waals surface area contributed by atoms with E-state index in [9.17, 15) is 0 Å². The van der Waals surface area contributed by atoms with Gasteiger partial charge >= 0.3 is 0 Å². The van der Waals surface area contributed by atoms with Crippen LogP contribution in [0.3, 0.4) is 0 Å². The van der Waals surface area contributed by atoms with Crippen molar-refractivity contribution in [2.45, 2.75) is 116 Å². The molecule has 4 heterocycles. The maximum atomic E-state index is 5.37. The Morgan fingerprint density at radius 2 is 0.789 bits per heavy atom. The quantitative estimate of drug-likeness (QED) is 0.188. The molecule has 0 spiro atoms. The summed E-state index contributed by atoms with van der Waals surface area (Å²) >= 11 is 0. The molecular weight excluding hydrogens is 725 g/mol. The largest absolute Gasteiger partial charge is 0.493 e. The molecule has 4 aliphatic rings. The van der Waals surface area contributed by atoms with Crippen LogP contribution in [0.5, 0.6) is 57.5 Å². The van der Waals surface area contributed by atoms with Crippen LogP contribution in [-0.4, -0.2) is 41.4 Å². The normalized spacial score (nSPS) is 12.7. The molecule has 0 fully saturated rings. The van der Waals surface area contributed by atoms with E-state index in [1.165, 1.54) is 27.8 Å². The fourth-order valence-electron chi connectivity index (χ4n) is 5.92. The molecule has 0 amide bonds. The lowest BCUT2D eigenvalue weighted by molar-refractivity contribution is 0.171. The van der Waals surface area contributed by atoms with E-state index in [0.29, 0.717) is 37.3 Å². The third kappa shape index (κ3) is 11.9. The Labute approximate surface area is 343 Å². The summed E-state index contributed by atoms with van der Waals surface area (Å²) in [6, 6.07) is 18.3. The standard InChI is InChI=1S/2C11H14O3.C11H14O2.C10H12O2.4CH4/c2*1-7(2)8-4-9(12-3)11-10(5-8)13-6-14-11;1-7(2)9-4-8(3)11-10(5-9)12-6-13-11;1-7(2)8-4-3-5-9-10(8)12-6-11-9;;;;/h2*4-5,7H,6H2,1-3H3;4-5,7H,6H2,1-3H3;3-5,7H,6H2,1-2H3;4*1H4. The average molecular weight is 795 g/mol. The van der Waals surface area contributed by atoms with Crippen LogP contribution >= 0.6 is 0 Å². The molecule has 318 valence electrons. The minimum atomic E-state index is 0. The van der Waals surface area contributed by atoms with Gasteiger partial charge in [0.1, 0.15) is 0 Å². The zero-order valence-electron chi connectivity index (χ0n) is 32.9. The summed E-state index contributed by atoms with van der Waals surface area (Å²) in [4.78, 5) is 0. The van der Waals surface area contributed by atoms with E-state index in [2.05, 4.69) is 80.5 Å². The van der Waals surface area contributed by atoms with E-state index in [-0.39, 0.29) is 43.3 Å². The van der Waals surface area contributed by atoms with E-state index >= 15 is 0 Å². The summed E-state index contributed by atoms with van der Waals surface area (Å²) in [6.07, 6.45) is 0. The maximum absolute atomic E-state index is 5.37. The first-order chi connectivity index (χ1) is 25.4. The highest BCUT2D eigenvalue weighted by Gasteiger charge is 2.22. The van der Waals surface area contributed by atoms with Crippen LogP contribution in [0.4, 0.5) is 0 Å². The van der Waals surface area contributed by atoms with Crippen molar-refractivity contribution in [3.05, 3.63) is 82.4 Å². The summed E-state index contributed by atoms with van der Waals surface area (Å²) in [7, 11) is 3.28. The number of hydrogen-bond donors (Lipinski definition) is 0. The number of para-hydroxylation sites is 1. The fraction of sp³-hybridized carbons (Fsp3) is 0.489.